The number of hydrogen-bond donors (Lipinski definition) is 2. The standard InChI is InChI=1S/C22H35N3O3.HI/c1-4-23-21(24-16-18-8-10-19(11-9-18)20(26)27-3)25-17-22(12-6-7-13-22)14-15-28-5-2;/h8-11H,4-7,12-17H2,1-3H3,(H2,23,24,25);1H. The van der Waals surface area contributed by atoms with E-state index in [2.05, 4.69) is 17.6 Å². The van der Waals surface area contributed by atoms with Gasteiger partial charge in [0.05, 0.1) is 19.2 Å². The number of carbonyl (C=O) groups excluding carboxylic acids is 1. The van der Waals surface area contributed by atoms with Gasteiger partial charge in [-0.15, -0.1) is 24.0 Å². The minimum absolute atomic E-state index is 0. The fourth-order valence-corrected chi connectivity index (χ4v) is 3.72. The highest BCUT2D eigenvalue weighted by Crippen LogP contribution is 2.40. The van der Waals surface area contributed by atoms with E-state index in [1.54, 1.807) is 12.1 Å². The van der Waals surface area contributed by atoms with Gasteiger partial charge >= 0.3 is 5.97 Å². The van der Waals surface area contributed by atoms with E-state index < -0.39 is 0 Å². The van der Waals surface area contributed by atoms with Crippen molar-refractivity contribution in [3.05, 3.63) is 35.4 Å². The topological polar surface area (TPSA) is 72.0 Å². The van der Waals surface area contributed by atoms with Crippen LogP contribution in [-0.4, -0.2) is 45.3 Å². The molecule has 1 saturated carbocycles. The first-order chi connectivity index (χ1) is 13.6. The maximum atomic E-state index is 11.5. The molecule has 29 heavy (non-hydrogen) atoms. The minimum atomic E-state index is -0.320. The van der Waals surface area contributed by atoms with Crippen LogP contribution in [0.25, 0.3) is 0 Å². The van der Waals surface area contributed by atoms with Crippen LogP contribution in [0.5, 0.6) is 0 Å². The zero-order valence-electron chi connectivity index (χ0n) is 18.0. The summed E-state index contributed by atoms with van der Waals surface area (Å²) >= 11 is 0. The maximum absolute atomic E-state index is 11.5. The molecule has 0 bridgehead atoms. The lowest BCUT2D eigenvalue weighted by molar-refractivity contribution is 0.0600. The second kappa shape index (κ2) is 13.8. The Labute approximate surface area is 192 Å². The van der Waals surface area contributed by atoms with Gasteiger partial charge in [-0.2, -0.15) is 0 Å². The van der Waals surface area contributed by atoms with Gasteiger partial charge in [0.1, 0.15) is 0 Å². The van der Waals surface area contributed by atoms with Crippen LogP contribution in [0.4, 0.5) is 0 Å². The van der Waals surface area contributed by atoms with E-state index >= 15 is 0 Å². The average Bonchev–Trinajstić information content (AvgIpc) is 3.19. The third-order valence-corrected chi connectivity index (χ3v) is 5.41. The molecule has 2 rings (SSSR count). The van der Waals surface area contributed by atoms with Crippen LogP contribution < -0.4 is 10.6 Å². The van der Waals surface area contributed by atoms with E-state index in [-0.39, 0.29) is 29.9 Å². The maximum Gasteiger partial charge on any atom is 0.337 e. The van der Waals surface area contributed by atoms with Gasteiger partial charge in [-0.25, -0.2) is 9.79 Å². The molecule has 0 saturated heterocycles. The Morgan fingerprint density at radius 3 is 2.41 bits per heavy atom. The van der Waals surface area contributed by atoms with Crippen molar-refractivity contribution in [3.8, 4) is 0 Å². The summed E-state index contributed by atoms with van der Waals surface area (Å²) in [7, 11) is 1.39. The highest BCUT2D eigenvalue weighted by Gasteiger charge is 2.33. The smallest absolute Gasteiger partial charge is 0.337 e. The third kappa shape index (κ3) is 8.50. The molecular formula is C22H36IN3O3. The highest BCUT2D eigenvalue weighted by atomic mass is 127. The number of carbonyl (C=O) groups is 1. The van der Waals surface area contributed by atoms with Crippen molar-refractivity contribution in [1.82, 2.24) is 10.6 Å². The van der Waals surface area contributed by atoms with Crippen LogP contribution in [0.15, 0.2) is 29.3 Å². The van der Waals surface area contributed by atoms with Crippen molar-refractivity contribution < 1.29 is 14.3 Å². The average molecular weight is 517 g/mol. The molecule has 0 heterocycles. The Bertz CT molecular complexity index is 629. The van der Waals surface area contributed by atoms with Gasteiger partial charge in [-0.05, 0) is 56.2 Å². The van der Waals surface area contributed by atoms with Crippen molar-refractivity contribution in [2.75, 3.05) is 33.4 Å². The quantitative estimate of drug-likeness (QED) is 0.161. The molecule has 0 aromatic heterocycles. The second-order valence-electron chi connectivity index (χ2n) is 7.39. The van der Waals surface area contributed by atoms with E-state index in [9.17, 15) is 4.79 Å². The van der Waals surface area contributed by atoms with Gasteiger partial charge in [0, 0.05) is 26.3 Å². The first kappa shape index (κ1) is 25.7. The van der Waals surface area contributed by atoms with E-state index in [1.165, 1.54) is 32.8 Å². The molecule has 6 nitrogen and oxygen atoms in total. The summed E-state index contributed by atoms with van der Waals surface area (Å²) in [4.78, 5) is 16.2. The molecule has 1 aliphatic carbocycles. The number of ether oxygens (including phenoxy) is 2. The summed E-state index contributed by atoms with van der Waals surface area (Å²) < 4.78 is 10.3. The molecule has 1 fully saturated rings. The predicted molar refractivity (Wildman–Crippen MR) is 128 cm³/mol. The van der Waals surface area contributed by atoms with Crippen molar-refractivity contribution >= 4 is 35.9 Å². The number of rotatable bonds is 10. The lowest BCUT2D eigenvalue weighted by atomic mass is 9.83. The number of nitrogens with zero attached hydrogens (tertiary/aromatic N) is 1. The molecular weight excluding hydrogens is 481 g/mol. The molecule has 164 valence electrons. The normalized spacial score (nSPS) is 15.5. The van der Waals surface area contributed by atoms with Gasteiger partial charge in [-0.1, -0.05) is 25.0 Å². The van der Waals surface area contributed by atoms with Crippen LogP contribution in [0.1, 0.15) is 61.9 Å². The fraction of sp³-hybridized carbons (Fsp3) is 0.636. The second-order valence-corrected chi connectivity index (χ2v) is 7.39. The minimum Gasteiger partial charge on any atom is -0.465 e. The molecule has 0 amide bonds. The Kier molecular flexibility index (Phi) is 12.2. The number of esters is 1. The predicted octanol–water partition coefficient (Wildman–Crippen LogP) is 4.13. The molecule has 1 aliphatic rings. The molecule has 7 heteroatoms. The summed E-state index contributed by atoms with van der Waals surface area (Å²) in [6.45, 7) is 8.03. The van der Waals surface area contributed by atoms with Crippen molar-refractivity contribution in [3.63, 3.8) is 0 Å². The summed E-state index contributed by atoms with van der Waals surface area (Å²) in [5.41, 5.74) is 1.92. The van der Waals surface area contributed by atoms with Crippen LogP contribution >= 0.6 is 24.0 Å². The Morgan fingerprint density at radius 2 is 1.83 bits per heavy atom. The van der Waals surface area contributed by atoms with Gasteiger partial charge in [0.2, 0.25) is 0 Å². The van der Waals surface area contributed by atoms with Crippen molar-refractivity contribution in [2.45, 2.75) is 52.5 Å². The Balaban J connectivity index is 0.00000420. The number of guanidine groups is 1. The van der Waals surface area contributed by atoms with Gasteiger partial charge < -0.3 is 20.1 Å². The molecule has 0 spiro atoms. The number of methoxy groups -OCH3 is 1. The lowest BCUT2D eigenvalue weighted by Gasteiger charge is -2.30. The zero-order valence-corrected chi connectivity index (χ0v) is 20.3. The van der Waals surface area contributed by atoms with Gasteiger partial charge in [0.15, 0.2) is 5.96 Å². The molecule has 0 radical (unpaired) electrons. The molecule has 0 aliphatic heterocycles. The first-order valence-electron chi connectivity index (χ1n) is 10.4. The van der Waals surface area contributed by atoms with E-state index in [0.717, 1.165) is 44.2 Å². The van der Waals surface area contributed by atoms with Crippen LogP contribution in [-0.2, 0) is 16.0 Å². The van der Waals surface area contributed by atoms with Gasteiger partial charge in [0.25, 0.3) is 0 Å². The van der Waals surface area contributed by atoms with Crippen LogP contribution in [0, 0.1) is 5.41 Å². The van der Waals surface area contributed by atoms with Crippen LogP contribution in [0.2, 0.25) is 0 Å². The molecule has 0 atom stereocenters. The monoisotopic (exact) mass is 517 g/mol. The summed E-state index contributed by atoms with van der Waals surface area (Å²) in [6.07, 6.45) is 6.20. The number of aliphatic imine (C=N–C) groups is 1. The first-order valence-corrected chi connectivity index (χ1v) is 10.4. The zero-order chi connectivity index (χ0) is 20.2. The fourth-order valence-electron chi connectivity index (χ4n) is 3.72. The van der Waals surface area contributed by atoms with E-state index in [0.29, 0.717) is 17.5 Å². The van der Waals surface area contributed by atoms with Crippen molar-refractivity contribution in [2.24, 2.45) is 10.4 Å². The number of hydrogen-bond acceptors (Lipinski definition) is 4. The third-order valence-electron chi connectivity index (χ3n) is 5.41. The number of nitrogens with one attached hydrogen (secondary N) is 2. The Morgan fingerprint density at radius 1 is 1.14 bits per heavy atom. The summed E-state index contributed by atoms with van der Waals surface area (Å²) in [5.74, 6) is 0.515. The van der Waals surface area contributed by atoms with Gasteiger partial charge in [-0.3, -0.25) is 0 Å². The number of benzene rings is 1. The lowest BCUT2D eigenvalue weighted by Crippen LogP contribution is -2.43. The molecule has 2 N–H and O–H groups in total. The van der Waals surface area contributed by atoms with Crippen molar-refractivity contribution in [1.29, 1.82) is 0 Å². The molecule has 0 unspecified atom stereocenters. The number of halogens is 1. The SMILES string of the molecule is CCNC(=NCc1ccc(C(=O)OC)cc1)NCC1(CCOCC)CCCC1.I. The largest absolute Gasteiger partial charge is 0.465 e. The molecule has 1 aromatic carbocycles. The summed E-state index contributed by atoms with van der Waals surface area (Å²) in [5, 5.41) is 6.88. The van der Waals surface area contributed by atoms with E-state index in [4.69, 9.17) is 14.5 Å². The van der Waals surface area contributed by atoms with E-state index in [1.807, 2.05) is 19.1 Å². The molecule has 1 aromatic rings. The van der Waals surface area contributed by atoms with Crippen LogP contribution in [0.3, 0.4) is 0 Å². The summed E-state index contributed by atoms with van der Waals surface area (Å²) in [6, 6.07) is 7.39. The Hall–Kier alpha value is -1.35. The highest BCUT2D eigenvalue weighted by molar-refractivity contribution is 14.0.